The molecular weight excluding hydrogens is 372 g/mol. The summed E-state index contributed by atoms with van der Waals surface area (Å²) in [6.45, 7) is 1.51. The van der Waals surface area contributed by atoms with Crippen molar-refractivity contribution in [1.82, 2.24) is 10.2 Å². The molecule has 2 aromatic rings. The highest BCUT2D eigenvalue weighted by molar-refractivity contribution is 5.86. The topological polar surface area (TPSA) is 95.9 Å². The highest BCUT2D eigenvalue weighted by Gasteiger charge is 2.29. The van der Waals surface area contributed by atoms with Gasteiger partial charge in [0.15, 0.2) is 0 Å². The molecule has 2 amide bonds. The van der Waals surface area contributed by atoms with Crippen LogP contribution in [0, 0.1) is 0 Å². The molecule has 1 atom stereocenters. The molecule has 0 saturated carbocycles. The van der Waals surface area contributed by atoms with E-state index in [1.54, 1.807) is 6.92 Å². The lowest BCUT2D eigenvalue weighted by Gasteiger charge is -2.23. The van der Waals surface area contributed by atoms with E-state index in [-0.39, 0.29) is 25.5 Å². The van der Waals surface area contributed by atoms with Crippen molar-refractivity contribution in [1.29, 1.82) is 0 Å². The maximum absolute atomic E-state index is 12.1. The van der Waals surface area contributed by atoms with Crippen molar-refractivity contribution in [3.05, 3.63) is 59.7 Å². The highest BCUT2D eigenvalue weighted by Crippen LogP contribution is 2.44. The molecule has 152 valence electrons. The van der Waals surface area contributed by atoms with E-state index in [4.69, 9.17) is 9.84 Å². The first-order chi connectivity index (χ1) is 13.9. The van der Waals surface area contributed by atoms with E-state index in [9.17, 15) is 14.4 Å². The Balaban J connectivity index is 1.58. The van der Waals surface area contributed by atoms with Crippen LogP contribution < -0.4 is 5.32 Å². The van der Waals surface area contributed by atoms with E-state index in [2.05, 4.69) is 17.4 Å². The summed E-state index contributed by atoms with van der Waals surface area (Å²) in [5, 5.41) is 11.5. The Morgan fingerprint density at radius 2 is 1.62 bits per heavy atom. The van der Waals surface area contributed by atoms with Crippen LogP contribution in [-0.2, 0) is 14.3 Å². The summed E-state index contributed by atoms with van der Waals surface area (Å²) in [6, 6.07) is 15.1. The zero-order valence-electron chi connectivity index (χ0n) is 16.4. The molecule has 1 aliphatic carbocycles. The Morgan fingerprint density at radius 3 is 2.14 bits per heavy atom. The zero-order chi connectivity index (χ0) is 21.0. The zero-order valence-corrected chi connectivity index (χ0v) is 16.4. The monoisotopic (exact) mass is 396 g/mol. The van der Waals surface area contributed by atoms with Gasteiger partial charge in [-0.1, -0.05) is 55.5 Å². The summed E-state index contributed by atoms with van der Waals surface area (Å²) in [7, 11) is 1.41. The molecule has 29 heavy (non-hydrogen) atoms. The number of hydrogen-bond donors (Lipinski definition) is 2. The number of carboxylic acids is 1. The Morgan fingerprint density at radius 1 is 1.07 bits per heavy atom. The van der Waals surface area contributed by atoms with Gasteiger partial charge in [0.1, 0.15) is 19.2 Å². The van der Waals surface area contributed by atoms with E-state index in [1.165, 1.54) is 7.05 Å². The van der Waals surface area contributed by atoms with Gasteiger partial charge in [-0.3, -0.25) is 4.79 Å². The molecular formula is C22H24N2O5. The van der Waals surface area contributed by atoms with Crippen molar-refractivity contribution in [2.45, 2.75) is 25.3 Å². The molecule has 0 aromatic heterocycles. The summed E-state index contributed by atoms with van der Waals surface area (Å²) in [6.07, 6.45) is -0.431. The van der Waals surface area contributed by atoms with Gasteiger partial charge in [-0.25, -0.2) is 9.59 Å². The molecule has 1 aliphatic rings. The van der Waals surface area contributed by atoms with Gasteiger partial charge in [-0.05, 0) is 28.7 Å². The number of benzene rings is 2. The summed E-state index contributed by atoms with van der Waals surface area (Å²) >= 11 is 0. The number of carbonyl (C=O) groups excluding carboxylic acids is 2. The molecule has 1 unspecified atom stereocenters. The lowest BCUT2D eigenvalue weighted by Crippen LogP contribution is -2.46. The minimum Gasteiger partial charge on any atom is -0.480 e. The number of fused-ring (bicyclic) bond motifs is 3. The second-order valence-electron chi connectivity index (χ2n) is 6.95. The highest BCUT2D eigenvalue weighted by atomic mass is 16.5. The summed E-state index contributed by atoms with van der Waals surface area (Å²) < 4.78 is 5.37. The third-order valence-electron chi connectivity index (χ3n) is 5.26. The van der Waals surface area contributed by atoms with Crippen LogP contribution in [0.15, 0.2) is 48.5 Å². The second-order valence-corrected chi connectivity index (χ2v) is 6.95. The van der Waals surface area contributed by atoms with Crippen LogP contribution in [-0.4, -0.2) is 54.2 Å². The third-order valence-corrected chi connectivity index (χ3v) is 5.26. The molecule has 7 heteroatoms. The molecule has 0 spiro atoms. The van der Waals surface area contributed by atoms with Gasteiger partial charge in [-0.15, -0.1) is 0 Å². The van der Waals surface area contributed by atoms with Gasteiger partial charge < -0.3 is 20.1 Å². The Bertz CT molecular complexity index is 881. The van der Waals surface area contributed by atoms with Crippen LogP contribution in [0.5, 0.6) is 0 Å². The Labute approximate surface area is 169 Å². The molecule has 0 heterocycles. The van der Waals surface area contributed by atoms with Gasteiger partial charge >= 0.3 is 12.1 Å². The predicted octanol–water partition coefficient (Wildman–Crippen LogP) is 2.85. The average Bonchev–Trinajstić information content (AvgIpc) is 3.04. The smallest absolute Gasteiger partial charge is 0.407 e. The van der Waals surface area contributed by atoms with Crippen molar-refractivity contribution >= 4 is 18.0 Å². The number of nitrogens with one attached hydrogen (secondary N) is 1. The fraction of sp³-hybridized carbons (Fsp3) is 0.318. The van der Waals surface area contributed by atoms with Gasteiger partial charge in [-0.2, -0.15) is 0 Å². The molecule has 7 nitrogen and oxygen atoms in total. The molecule has 0 bridgehead atoms. The molecule has 3 rings (SSSR count). The van der Waals surface area contributed by atoms with Gasteiger partial charge in [0.25, 0.3) is 0 Å². The third kappa shape index (κ3) is 4.23. The number of aliphatic carboxylic acids is 1. The summed E-state index contributed by atoms with van der Waals surface area (Å²) in [5.41, 5.74) is 4.47. The Kier molecular flexibility index (Phi) is 6.16. The lowest BCUT2D eigenvalue weighted by molar-refractivity contribution is -0.148. The van der Waals surface area contributed by atoms with E-state index in [1.807, 2.05) is 36.4 Å². The SMILES string of the molecule is CCC(C(=O)O)N(C)C(=O)CNC(=O)OCC1c2ccccc2-c2ccccc21. The first-order valence-electron chi connectivity index (χ1n) is 9.51. The van der Waals surface area contributed by atoms with Crippen LogP contribution in [0.4, 0.5) is 4.79 Å². The number of amides is 2. The van der Waals surface area contributed by atoms with Crippen molar-refractivity contribution < 1.29 is 24.2 Å². The number of carbonyl (C=O) groups is 3. The van der Waals surface area contributed by atoms with Crippen LogP contribution in [0.3, 0.4) is 0 Å². The largest absolute Gasteiger partial charge is 0.480 e. The van der Waals surface area contributed by atoms with Crippen LogP contribution in [0.25, 0.3) is 11.1 Å². The van der Waals surface area contributed by atoms with Gasteiger partial charge in [0.2, 0.25) is 5.91 Å². The predicted molar refractivity (Wildman–Crippen MR) is 108 cm³/mol. The molecule has 2 N–H and O–H groups in total. The maximum atomic E-state index is 12.1. The van der Waals surface area contributed by atoms with Crippen LogP contribution in [0.2, 0.25) is 0 Å². The van der Waals surface area contributed by atoms with Gasteiger partial charge in [0, 0.05) is 13.0 Å². The van der Waals surface area contributed by atoms with E-state index in [0.29, 0.717) is 0 Å². The van der Waals surface area contributed by atoms with Crippen molar-refractivity contribution in [3.8, 4) is 11.1 Å². The Hall–Kier alpha value is -3.35. The van der Waals surface area contributed by atoms with Crippen molar-refractivity contribution in [3.63, 3.8) is 0 Å². The standard InChI is InChI=1S/C22H24N2O5/c1-3-19(21(26)27)24(2)20(25)12-23-22(28)29-13-18-16-10-6-4-8-14(16)15-9-5-7-11-17(15)18/h4-11,18-19H,3,12-13H2,1-2H3,(H,23,28)(H,26,27). The normalized spacial score (nSPS) is 13.2. The average molecular weight is 396 g/mol. The fourth-order valence-electron chi connectivity index (χ4n) is 3.71. The number of carboxylic acid groups (broad SMARTS) is 1. The number of nitrogens with zero attached hydrogens (tertiary/aromatic N) is 1. The fourth-order valence-corrected chi connectivity index (χ4v) is 3.71. The summed E-state index contributed by atoms with van der Waals surface area (Å²) in [4.78, 5) is 36.5. The molecule has 2 aromatic carbocycles. The number of alkyl carbamates (subject to hydrolysis) is 1. The van der Waals surface area contributed by atoms with E-state index < -0.39 is 24.0 Å². The molecule has 0 saturated heterocycles. The van der Waals surface area contributed by atoms with Crippen molar-refractivity contribution in [2.75, 3.05) is 20.2 Å². The van der Waals surface area contributed by atoms with E-state index >= 15 is 0 Å². The number of hydrogen-bond acceptors (Lipinski definition) is 4. The second kappa shape index (κ2) is 8.77. The first kappa shape index (κ1) is 20.4. The molecule has 0 fully saturated rings. The number of ether oxygens (including phenoxy) is 1. The van der Waals surface area contributed by atoms with Gasteiger partial charge in [0.05, 0.1) is 0 Å². The number of rotatable bonds is 7. The first-order valence-corrected chi connectivity index (χ1v) is 9.51. The summed E-state index contributed by atoms with van der Waals surface area (Å²) in [5.74, 6) is -1.64. The quantitative estimate of drug-likeness (QED) is 0.750. The van der Waals surface area contributed by atoms with Crippen LogP contribution in [0.1, 0.15) is 30.4 Å². The minimum atomic E-state index is -1.08. The number of likely N-dealkylation sites (N-methyl/N-ethyl adjacent to an activating group) is 1. The molecule has 0 radical (unpaired) electrons. The maximum Gasteiger partial charge on any atom is 0.407 e. The minimum absolute atomic E-state index is 0.0667. The molecule has 0 aliphatic heterocycles. The van der Waals surface area contributed by atoms with E-state index in [0.717, 1.165) is 27.2 Å². The van der Waals surface area contributed by atoms with Crippen LogP contribution >= 0.6 is 0 Å². The van der Waals surface area contributed by atoms with Crippen molar-refractivity contribution in [2.24, 2.45) is 0 Å². The lowest BCUT2D eigenvalue weighted by atomic mass is 9.98.